The maximum Gasteiger partial charge on any atom is 0.303 e. The van der Waals surface area contributed by atoms with Gasteiger partial charge in [0.25, 0.3) is 0 Å². The van der Waals surface area contributed by atoms with Gasteiger partial charge in [-0.1, -0.05) is 43.7 Å². The molecule has 33 heavy (non-hydrogen) atoms. The van der Waals surface area contributed by atoms with E-state index in [-0.39, 0.29) is 24.9 Å². The number of carbonyl (C=O) groups excluding carboxylic acids is 1. The molecule has 4 unspecified atom stereocenters. The van der Waals surface area contributed by atoms with E-state index >= 15 is 0 Å². The number of hydrogen-bond acceptors (Lipinski definition) is 8. The Morgan fingerprint density at radius 3 is 2.61 bits per heavy atom. The second kappa shape index (κ2) is 10.8. The summed E-state index contributed by atoms with van der Waals surface area (Å²) in [6.45, 7) is 3.93. The maximum atomic E-state index is 12.1. The summed E-state index contributed by atoms with van der Waals surface area (Å²) in [5, 5.41) is 9.41. The van der Waals surface area contributed by atoms with E-state index in [1.807, 2.05) is 30.3 Å². The molecule has 3 fully saturated rings. The van der Waals surface area contributed by atoms with Crippen LogP contribution in [-0.4, -0.2) is 73.3 Å². The quantitative estimate of drug-likeness (QED) is 0.558. The number of fused-ring (bicyclic) bond motifs is 2. The molecule has 8 nitrogen and oxygen atoms in total. The Kier molecular flexibility index (Phi) is 8.04. The topological polar surface area (TPSA) is 92.7 Å². The Balaban J connectivity index is 1.62. The predicted molar refractivity (Wildman–Crippen MR) is 118 cm³/mol. The molecule has 0 saturated carbocycles. The van der Waals surface area contributed by atoms with E-state index < -0.39 is 36.2 Å². The number of carbonyl (C=O) groups is 1. The molecule has 0 aromatic heterocycles. The molecular formula is C25H36O8. The van der Waals surface area contributed by atoms with Gasteiger partial charge in [0.2, 0.25) is 0 Å². The van der Waals surface area contributed by atoms with Gasteiger partial charge in [-0.3, -0.25) is 4.79 Å². The lowest BCUT2D eigenvalue weighted by atomic mass is 9.85. The second-order valence-electron chi connectivity index (χ2n) is 9.09. The van der Waals surface area contributed by atoms with E-state index in [0.717, 1.165) is 18.4 Å². The van der Waals surface area contributed by atoms with Gasteiger partial charge in [0.1, 0.15) is 18.3 Å². The maximum absolute atomic E-state index is 12.1. The molecule has 1 N–H and O–H groups in total. The van der Waals surface area contributed by atoms with Crippen LogP contribution in [0.2, 0.25) is 0 Å². The Morgan fingerprint density at radius 2 is 1.94 bits per heavy atom. The zero-order valence-electron chi connectivity index (χ0n) is 19.7. The number of hydrogen-bond donors (Lipinski definition) is 1. The minimum atomic E-state index is -1.08. The van der Waals surface area contributed by atoms with E-state index in [0.29, 0.717) is 25.9 Å². The molecule has 1 aromatic carbocycles. The lowest BCUT2D eigenvalue weighted by molar-refractivity contribution is -0.383. The zero-order chi connectivity index (χ0) is 23.4. The molecule has 3 aliphatic heterocycles. The van der Waals surface area contributed by atoms with Gasteiger partial charge >= 0.3 is 5.97 Å². The smallest absolute Gasteiger partial charge is 0.303 e. The Labute approximate surface area is 195 Å². The van der Waals surface area contributed by atoms with Crippen molar-refractivity contribution in [2.45, 2.75) is 101 Å². The minimum Gasteiger partial charge on any atom is -0.457 e. The molecule has 3 saturated heterocycles. The van der Waals surface area contributed by atoms with Gasteiger partial charge in [-0.2, -0.15) is 0 Å². The van der Waals surface area contributed by atoms with Crippen LogP contribution >= 0.6 is 0 Å². The van der Waals surface area contributed by atoms with Crippen LogP contribution in [0.25, 0.3) is 0 Å². The van der Waals surface area contributed by atoms with E-state index in [1.165, 1.54) is 6.92 Å². The van der Waals surface area contributed by atoms with Crippen molar-refractivity contribution < 1.29 is 38.3 Å². The fourth-order valence-electron chi connectivity index (χ4n) is 5.32. The summed E-state index contributed by atoms with van der Waals surface area (Å²) in [5.74, 6) is -1.49. The van der Waals surface area contributed by atoms with Crippen LogP contribution in [0, 0.1) is 0 Å². The number of rotatable bonds is 9. The largest absolute Gasteiger partial charge is 0.457 e. The molecule has 8 atom stereocenters. The van der Waals surface area contributed by atoms with Gasteiger partial charge in [-0.25, -0.2) is 0 Å². The number of benzene rings is 1. The van der Waals surface area contributed by atoms with Crippen molar-refractivity contribution in [2.24, 2.45) is 0 Å². The van der Waals surface area contributed by atoms with Crippen molar-refractivity contribution in [1.29, 1.82) is 0 Å². The highest BCUT2D eigenvalue weighted by Gasteiger charge is 2.65. The van der Waals surface area contributed by atoms with Crippen molar-refractivity contribution in [3.05, 3.63) is 35.9 Å². The Bertz CT molecular complexity index is 773. The minimum absolute atomic E-state index is 0.0208. The zero-order valence-corrected chi connectivity index (χ0v) is 19.7. The van der Waals surface area contributed by atoms with Gasteiger partial charge < -0.3 is 33.5 Å². The lowest BCUT2D eigenvalue weighted by Gasteiger charge is -2.53. The van der Waals surface area contributed by atoms with Crippen LogP contribution in [0.5, 0.6) is 0 Å². The average Bonchev–Trinajstić information content (AvgIpc) is 3.15. The lowest BCUT2D eigenvalue weighted by Crippen LogP contribution is -2.69. The summed E-state index contributed by atoms with van der Waals surface area (Å²) < 4.78 is 37.5. The molecule has 0 bridgehead atoms. The van der Waals surface area contributed by atoms with Crippen LogP contribution in [0.15, 0.2) is 30.3 Å². The number of methoxy groups -OCH3 is 1. The standard InChI is InChI=1S/C25H36O8/c1-4-8-19-20(29-15-17-9-6-5-7-10-17)22-21(32-19)23(30-16(2)27)24-25(28-3,33-22)13-11-18(31-24)12-14-26/h5-7,9-10,18-24,26H,4,8,11-15H2,1-3H3/t18?,19-,20+,21-,22?,23+,24?,25?/m1/s1. The molecule has 0 radical (unpaired) electrons. The number of ether oxygens (including phenoxy) is 6. The van der Waals surface area contributed by atoms with Gasteiger partial charge in [0, 0.05) is 27.1 Å². The van der Waals surface area contributed by atoms with Gasteiger partial charge in [0.05, 0.1) is 18.8 Å². The highest BCUT2D eigenvalue weighted by Crippen LogP contribution is 2.47. The molecule has 0 spiro atoms. The van der Waals surface area contributed by atoms with Crippen molar-refractivity contribution in [2.75, 3.05) is 13.7 Å². The first-order valence-electron chi connectivity index (χ1n) is 12.0. The molecule has 3 heterocycles. The summed E-state index contributed by atoms with van der Waals surface area (Å²) in [4.78, 5) is 12.1. The molecule has 1 aromatic rings. The molecule has 3 aliphatic rings. The summed E-state index contributed by atoms with van der Waals surface area (Å²) in [5.41, 5.74) is 1.07. The number of aliphatic hydroxyl groups excluding tert-OH is 1. The second-order valence-corrected chi connectivity index (χ2v) is 9.09. The van der Waals surface area contributed by atoms with Crippen LogP contribution in [0.3, 0.4) is 0 Å². The van der Waals surface area contributed by atoms with Crippen molar-refractivity contribution in [1.82, 2.24) is 0 Å². The first-order chi connectivity index (χ1) is 16.0. The fraction of sp³-hybridized carbons (Fsp3) is 0.720. The average molecular weight is 465 g/mol. The van der Waals surface area contributed by atoms with E-state index in [1.54, 1.807) is 7.11 Å². The molecule has 0 aliphatic carbocycles. The van der Waals surface area contributed by atoms with Crippen molar-refractivity contribution in [3.8, 4) is 0 Å². The summed E-state index contributed by atoms with van der Waals surface area (Å²) in [6, 6.07) is 9.98. The SMILES string of the molecule is CCC[C@H]1O[C@@H]2C(OC3(OC)CCC(CCO)OC3[C@H]2OC(C)=O)[C@H]1OCc1ccccc1. The fourth-order valence-corrected chi connectivity index (χ4v) is 5.32. The van der Waals surface area contributed by atoms with Gasteiger partial charge in [-0.15, -0.1) is 0 Å². The van der Waals surface area contributed by atoms with Crippen molar-refractivity contribution in [3.63, 3.8) is 0 Å². The molecular weight excluding hydrogens is 428 g/mol. The van der Waals surface area contributed by atoms with Gasteiger partial charge in [0.15, 0.2) is 18.0 Å². The van der Waals surface area contributed by atoms with E-state index in [4.69, 9.17) is 28.4 Å². The van der Waals surface area contributed by atoms with Crippen molar-refractivity contribution >= 4 is 5.97 Å². The molecule has 0 amide bonds. The predicted octanol–water partition coefficient (Wildman–Crippen LogP) is 2.74. The third-order valence-corrected chi connectivity index (χ3v) is 6.85. The monoisotopic (exact) mass is 464 g/mol. The third kappa shape index (κ3) is 5.11. The van der Waals surface area contributed by atoms with Crippen LogP contribution in [0.1, 0.15) is 51.5 Å². The normalized spacial score (nSPS) is 37.9. The number of aliphatic hydroxyl groups is 1. The summed E-state index contributed by atoms with van der Waals surface area (Å²) in [6.07, 6.45) is 0.372. The number of esters is 1. The Hall–Kier alpha value is -1.55. The van der Waals surface area contributed by atoms with Crippen LogP contribution < -0.4 is 0 Å². The third-order valence-electron chi connectivity index (χ3n) is 6.85. The molecule has 8 heteroatoms. The first-order valence-corrected chi connectivity index (χ1v) is 12.0. The first kappa shape index (κ1) is 24.6. The Morgan fingerprint density at radius 1 is 1.15 bits per heavy atom. The highest BCUT2D eigenvalue weighted by molar-refractivity contribution is 5.66. The van der Waals surface area contributed by atoms with Crippen LogP contribution in [-0.2, 0) is 39.8 Å². The van der Waals surface area contributed by atoms with Crippen LogP contribution in [0.4, 0.5) is 0 Å². The summed E-state index contributed by atoms with van der Waals surface area (Å²) >= 11 is 0. The van der Waals surface area contributed by atoms with E-state index in [9.17, 15) is 9.90 Å². The van der Waals surface area contributed by atoms with E-state index in [2.05, 4.69) is 6.92 Å². The van der Waals surface area contributed by atoms with Gasteiger partial charge in [-0.05, 0) is 24.8 Å². The summed E-state index contributed by atoms with van der Waals surface area (Å²) in [7, 11) is 1.59. The highest BCUT2D eigenvalue weighted by atomic mass is 16.8. The molecule has 4 rings (SSSR count). The molecule has 184 valence electrons.